The van der Waals surface area contributed by atoms with Crippen molar-refractivity contribution < 1.29 is 4.92 Å². The van der Waals surface area contributed by atoms with Gasteiger partial charge in [-0.25, -0.2) is 4.79 Å². The topological polar surface area (TPSA) is 90.1 Å². The maximum absolute atomic E-state index is 11.3. The van der Waals surface area contributed by atoms with E-state index in [9.17, 15) is 14.9 Å². The first-order valence-electron chi connectivity index (χ1n) is 5.06. The van der Waals surface area contributed by atoms with E-state index < -0.39 is 10.6 Å². The zero-order valence-electron chi connectivity index (χ0n) is 9.05. The van der Waals surface area contributed by atoms with E-state index in [0.29, 0.717) is 6.54 Å². The largest absolute Gasteiger partial charge is 0.347 e. The van der Waals surface area contributed by atoms with Crippen molar-refractivity contribution in [1.82, 2.24) is 14.9 Å². The van der Waals surface area contributed by atoms with E-state index in [1.807, 2.05) is 6.92 Å². The molecule has 0 aliphatic carbocycles. The summed E-state index contributed by atoms with van der Waals surface area (Å²) in [6, 6.07) is 0. The highest BCUT2D eigenvalue weighted by molar-refractivity contribution is 5.20. The van der Waals surface area contributed by atoms with Crippen molar-refractivity contribution in [3.8, 4) is 0 Å². The number of nitrogens with one attached hydrogen (secondary N) is 1. The summed E-state index contributed by atoms with van der Waals surface area (Å²) in [7, 11) is 0. The van der Waals surface area contributed by atoms with Crippen LogP contribution in [0.25, 0.3) is 0 Å². The van der Waals surface area contributed by atoms with E-state index in [1.165, 1.54) is 10.8 Å². The third-order valence-corrected chi connectivity index (χ3v) is 2.05. The van der Waals surface area contributed by atoms with Gasteiger partial charge in [0.1, 0.15) is 6.20 Å². The lowest BCUT2D eigenvalue weighted by Crippen LogP contribution is -2.24. The van der Waals surface area contributed by atoms with Gasteiger partial charge in [0.2, 0.25) is 0 Å². The first-order chi connectivity index (χ1) is 7.65. The van der Waals surface area contributed by atoms with Crippen LogP contribution in [0.4, 0.5) is 5.69 Å². The molecule has 0 spiro atoms. The zero-order valence-corrected chi connectivity index (χ0v) is 9.05. The molecular formula is C9H14N4O3. The minimum atomic E-state index is -0.562. The highest BCUT2D eigenvalue weighted by Gasteiger charge is 2.08. The number of aryl methyl sites for hydroxylation is 1. The second-order valence-electron chi connectivity index (χ2n) is 3.25. The van der Waals surface area contributed by atoms with Crippen molar-refractivity contribution >= 4 is 5.69 Å². The van der Waals surface area contributed by atoms with Crippen molar-refractivity contribution in [2.45, 2.75) is 19.9 Å². The molecule has 1 rings (SSSR count). The molecule has 1 N–H and O–H groups in total. The summed E-state index contributed by atoms with van der Waals surface area (Å²) >= 11 is 0. The highest BCUT2D eigenvalue weighted by atomic mass is 16.6. The lowest BCUT2D eigenvalue weighted by molar-refractivity contribution is -0.385. The monoisotopic (exact) mass is 226 g/mol. The van der Waals surface area contributed by atoms with E-state index in [0.717, 1.165) is 25.7 Å². The SMILES string of the molecule is CCNCCCn1cc([N+](=O)[O-])cnc1=O. The van der Waals surface area contributed by atoms with Crippen LogP contribution in [0.15, 0.2) is 17.2 Å². The fraction of sp³-hybridized carbons (Fsp3) is 0.556. The molecule has 1 aromatic rings. The Kier molecular flexibility index (Phi) is 4.59. The van der Waals surface area contributed by atoms with E-state index in [-0.39, 0.29) is 5.69 Å². The average molecular weight is 226 g/mol. The Balaban J connectivity index is 2.67. The average Bonchev–Trinajstić information content (AvgIpc) is 2.26. The van der Waals surface area contributed by atoms with Gasteiger partial charge in [0.15, 0.2) is 0 Å². The van der Waals surface area contributed by atoms with Gasteiger partial charge in [0, 0.05) is 6.54 Å². The number of nitro groups is 1. The smallest absolute Gasteiger partial charge is 0.317 e. The molecule has 7 nitrogen and oxygen atoms in total. The summed E-state index contributed by atoms with van der Waals surface area (Å²) in [6.07, 6.45) is 2.93. The number of nitrogens with zero attached hydrogens (tertiary/aromatic N) is 3. The van der Waals surface area contributed by atoms with Gasteiger partial charge in [-0.05, 0) is 19.5 Å². The Morgan fingerprint density at radius 3 is 3.00 bits per heavy atom. The summed E-state index contributed by atoms with van der Waals surface area (Å²) in [5.74, 6) is 0. The number of rotatable bonds is 6. The number of hydrogen-bond donors (Lipinski definition) is 1. The third-order valence-electron chi connectivity index (χ3n) is 2.05. The van der Waals surface area contributed by atoms with Crippen LogP contribution >= 0.6 is 0 Å². The maximum atomic E-state index is 11.3. The molecule has 0 fully saturated rings. The molecule has 1 aromatic heterocycles. The molecule has 0 aliphatic rings. The third kappa shape index (κ3) is 3.43. The second kappa shape index (κ2) is 5.96. The van der Waals surface area contributed by atoms with Crippen LogP contribution in [-0.2, 0) is 6.54 Å². The Bertz CT molecular complexity index is 415. The standard InChI is InChI=1S/C9H14N4O3/c1-2-10-4-3-5-12-7-8(13(15)16)6-11-9(12)14/h6-7,10H,2-5H2,1H3. The fourth-order valence-electron chi connectivity index (χ4n) is 1.25. The van der Waals surface area contributed by atoms with Crippen molar-refractivity contribution in [3.63, 3.8) is 0 Å². The summed E-state index contributed by atoms with van der Waals surface area (Å²) in [4.78, 5) is 24.6. The summed E-state index contributed by atoms with van der Waals surface area (Å²) < 4.78 is 1.26. The van der Waals surface area contributed by atoms with Crippen LogP contribution in [0.5, 0.6) is 0 Å². The molecule has 0 atom stereocenters. The van der Waals surface area contributed by atoms with Crippen molar-refractivity contribution in [1.29, 1.82) is 0 Å². The fourth-order valence-corrected chi connectivity index (χ4v) is 1.25. The van der Waals surface area contributed by atoms with Gasteiger partial charge in [0.05, 0.1) is 11.1 Å². The molecule has 88 valence electrons. The molecule has 16 heavy (non-hydrogen) atoms. The molecule has 0 amide bonds. The predicted molar refractivity (Wildman–Crippen MR) is 58.3 cm³/mol. The second-order valence-corrected chi connectivity index (χ2v) is 3.25. The Labute approximate surface area is 92.3 Å². The molecule has 1 heterocycles. The van der Waals surface area contributed by atoms with E-state index in [1.54, 1.807) is 0 Å². The predicted octanol–water partition coefficient (Wildman–Crippen LogP) is 0.151. The summed E-state index contributed by atoms with van der Waals surface area (Å²) in [5, 5.41) is 13.6. The van der Waals surface area contributed by atoms with Gasteiger partial charge in [-0.3, -0.25) is 14.7 Å². The molecule has 0 aromatic carbocycles. The van der Waals surface area contributed by atoms with Crippen LogP contribution in [0.2, 0.25) is 0 Å². The van der Waals surface area contributed by atoms with Crippen LogP contribution in [-0.4, -0.2) is 27.6 Å². The molecule has 0 aliphatic heterocycles. The zero-order chi connectivity index (χ0) is 12.0. The van der Waals surface area contributed by atoms with Gasteiger partial charge in [0.25, 0.3) is 0 Å². The minimum Gasteiger partial charge on any atom is -0.317 e. The molecule has 0 unspecified atom stereocenters. The Morgan fingerprint density at radius 1 is 1.62 bits per heavy atom. The van der Waals surface area contributed by atoms with Gasteiger partial charge >= 0.3 is 11.4 Å². The van der Waals surface area contributed by atoms with Gasteiger partial charge in [-0.2, -0.15) is 4.98 Å². The molecule has 0 radical (unpaired) electrons. The van der Waals surface area contributed by atoms with Crippen LogP contribution in [0.3, 0.4) is 0 Å². The normalized spacial score (nSPS) is 10.3. The lowest BCUT2D eigenvalue weighted by atomic mass is 10.4. The highest BCUT2D eigenvalue weighted by Crippen LogP contribution is 2.04. The lowest BCUT2D eigenvalue weighted by Gasteiger charge is -2.04. The number of hydrogen-bond acceptors (Lipinski definition) is 5. The van der Waals surface area contributed by atoms with Crippen molar-refractivity contribution in [2.24, 2.45) is 0 Å². The summed E-state index contributed by atoms with van der Waals surface area (Å²) in [5.41, 5.74) is -0.620. The quantitative estimate of drug-likeness (QED) is 0.423. The molecule has 7 heteroatoms. The summed E-state index contributed by atoms with van der Waals surface area (Å²) in [6.45, 7) is 4.05. The van der Waals surface area contributed by atoms with E-state index in [2.05, 4.69) is 10.3 Å². The molecule has 0 saturated carbocycles. The first kappa shape index (κ1) is 12.3. The molecule has 0 saturated heterocycles. The van der Waals surface area contributed by atoms with Crippen molar-refractivity contribution in [3.05, 3.63) is 33.0 Å². The van der Waals surface area contributed by atoms with Crippen LogP contribution in [0.1, 0.15) is 13.3 Å². The Morgan fingerprint density at radius 2 is 2.38 bits per heavy atom. The maximum Gasteiger partial charge on any atom is 0.347 e. The van der Waals surface area contributed by atoms with Crippen LogP contribution in [0, 0.1) is 10.1 Å². The first-order valence-corrected chi connectivity index (χ1v) is 5.06. The van der Waals surface area contributed by atoms with Gasteiger partial charge in [-0.15, -0.1) is 0 Å². The van der Waals surface area contributed by atoms with Crippen molar-refractivity contribution in [2.75, 3.05) is 13.1 Å². The number of aromatic nitrogens is 2. The van der Waals surface area contributed by atoms with Crippen LogP contribution < -0.4 is 11.0 Å². The van der Waals surface area contributed by atoms with Gasteiger partial charge in [-0.1, -0.05) is 6.92 Å². The molecular weight excluding hydrogens is 212 g/mol. The van der Waals surface area contributed by atoms with E-state index >= 15 is 0 Å². The molecule has 0 bridgehead atoms. The van der Waals surface area contributed by atoms with Gasteiger partial charge < -0.3 is 5.32 Å². The van der Waals surface area contributed by atoms with E-state index in [4.69, 9.17) is 0 Å². The Hall–Kier alpha value is -1.76. The minimum absolute atomic E-state index is 0.164.